The Hall–Kier alpha value is -0.410. The molecule has 2 rings (SSSR count). The van der Waals surface area contributed by atoms with E-state index in [1.165, 1.54) is 11.4 Å². The SMILES string of the molecule is CCNC1CC(c2nccs2)C1C. The molecule has 1 N–H and O–H groups in total. The number of nitrogens with zero attached hydrogens (tertiary/aromatic N) is 1. The fourth-order valence-electron chi connectivity index (χ4n) is 2.06. The third-order valence-electron chi connectivity index (χ3n) is 3.01. The zero-order valence-corrected chi connectivity index (χ0v) is 8.97. The van der Waals surface area contributed by atoms with E-state index in [9.17, 15) is 0 Å². The van der Waals surface area contributed by atoms with E-state index in [1.54, 1.807) is 11.3 Å². The molecule has 1 aromatic rings. The molecule has 0 bridgehead atoms. The first-order valence-electron chi connectivity index (χ1n) is 4.95. The van der Waals surface area contributed by atoms with Gasteiger partial charge in [-0.15, -0.1) is 11.3 Å². The summed E-state index contributed by atoms with van der Waals surface area (Å²) in [7, 11) is 0. The highest BCUT2D eigenvalue weighted by Crippen LogP contribution is 2.42. The maximum Gasteiger partial charge on any atom is 0.0959 e. The molecule has 1 heterocycles. The molecule has 0 spiro atoms. The third-order valence-corrected chi connectivity index (χ3v) is 3.92. The summed E-state index contributed by atoms with van der Waals surface area (Å²) >= 11 is 1.79. The smallest absolute Gasteiger partial charge is 0.0959 e. The van der Waals surface area contributed by atoms with Crippen LogP contribution in [0.2, 0.25) is 0 Å². The molecule has 1 aliphatic carbocycles. The Labute approximate surface area is 83.4 Å². The van der Waals surface area contributed by atoms with E-state index in [4.69, 9.17) is 0 Å². The van der Waals surface area contributed by atoms with Crippen LogP contribution in [0.5, 0.6) is 0 Å². The molecule has 2 nitrogen and oxygen atoms in total. The first-order chi connectivity index (χ1) is 6.33. The van der Waals surface area contributed by atoms with Crippen molar-refractivity contribution >= 4 is 11.3 Å². The van der Waals surface area contributed by atoms with Gasteiger partial charge in [-0.3, -0.25) is 0 Å². The summed E-state index contributed by atoms with van der Waals surface area (Å²) in [6.45, 7) is 5.58. The monoisotopic (exact) mass is 196 g/mol. The molecular weight excluding hydrogens is 180 g/mol. The van der Waals surface area contributed by atoms with Crippen molar-refractivity contribution < 1.29 is 0 Å². The van der Waals surface area contributed by atoms with Crippen molar-refractivity contribution in [2.75, 3.05) is 6.54 Å². The molecule has 1 aromatic heterocycles. The molecule has 0 saturated heterocycles. The van der Waals surface area contributed by atoms with Gasteiger partial charge in [0.2, 0.25) is 0 Å². The van der Waals surface area contributed by atoms with Crippen molar-refractivity contribution in [3.63, 3.8) is 0 Å². The molecule has 1 fully saturated rings. The maximum atomic E-state index is 4.37. The average molecular weight is 196 g/mol. The van der Waals surface area contributed by atoms with Gasteiger partial charge >= 0.3 is 0 Å². The normalized spacial score (nSPS) is 32.9. The summed E-state index contributed by atoms with van der Waals surface area (Å²) in [5.41, 5.74) is 0. The fourth-order valence-corrected chi connectivity index (χ4v) is 2.93. The molecule has 0 radical (unpaired) electrons. The van der Waals surface area contributed by atoms with Gasteiger partial charge in [0.25, 0.3) is 0 Å². The van der Waals surface area contributed by atoms with Gasteiger partial charge in [0, 0.05) is 23.5 Å². The van der Waals surface area contributed by atoms with Crippen molar-refractivity contribution in [2.24, 2.45) is 5.92 Å². The predicted molar refractivity (Wildman–Crippen MR) is 56.1 cm³/mol. The molecule has 1 aliphatic rings. The van der Waals surface area contributed by atoms with Crippen molar-refractivity contribution in [3.05, 3.63) is 16.6 Å². The van der Waals surface area contributed by atoms with Crippen molar-refractivity contribution in [3.8, 4) is 0 Å². The van der Waals surface area contributed by atoms with Gasteiger partial charge in [0.15, 0.2) is 0 Å². The van der Waals surface area contributed by atoms with Crippen LogP contribution in [0.1, 0.15) is 31.2 Å². The van der Waals surface area contributed by atoms with E-state index in [0.717, 1.165) is 18.5 Å². The van der Waals surface area contributed by atoms with Crippen molar-refractivity contribution in [2.45, 2.75) is 32.2 Å². The average Bonchev–Trinajstić information content (AvgIpc) is 2.63. The molecule has 13 heavy (non-hydrogen) atoms. The summed E-state index contributed by atoms with van der Waals surface area (Å²) in [6.07, 6.45) is 3.18. The lowest BCUT2D eigenvalue weighted by atomic mass is 9.70. The summed E-state index contributed by atoms with van der Waals surface area (Å²) in [5.74, 6) is 1.47. The number of thiazole rings is 1. The van der Waals surface area contributed by atoms with Crippen LogP contribution in [0.4, 0.5) is 0 Å². The molecule has 3 heteroatoms. The number of hydrogen-bond donors (Lipinski definition) is 1. The van der Waals surface area contributed by atoms with E-state index in [-0.39, 0.29) is 0 Å². The zero-order valence-electron chi connectivity index (χ0n) is 8.16. The zero-order chi connectivity index (χ0) is 9.26. The Balaban J connectivity index is 1.93. The fraction of sp³-hybridized carbons (Fsp3) is 0.700. The highest BCUT2D eigenvalue weighted by Gasteiger charge is 2.39. The first-order valence-corrected chi connectivity index (χ1v) is 5.83. The van der Waals surface area contributed by atoms with Gasteiger partial charge in [-0.25, -0.2) is 4.98 Å². The van der Waals surface area contributed by atoms with Gasteiger partial charge < -0.3 is 5.32 Å². The van der Waals surface area contributed by atoms with Crippen LogP contribution in [0.25, 0.3) is 0 Å². The second kappa shape index (κ2) is 3.76. The number of hydrogen-bond acceptors (Lipinski definition) is 3. The highest BCUT2D eigenvalue weighted by atomic mass is 32.1. The van der Waals surface area contributed by atoms with Crippen LogP contribution in [-0.2, 0) is 0 Å². The van der Waals surface area contributed by atoms with E-state index in [0.29, 0.717) is 5.92 Å². The molecule has 3 unspecified atom stereocenters. The van der Waals surface area contributed by atoms with E-state index >= 15 is 0 Å². The number of rotatable bonds is 3. The van der Waals surface area contributed by atoms with Crippen LogP contribution in [0, 0.1) is 5.92 Å². The van der Waals surface area contributed by atoms with Crippen LogP contribution < -0.4 is 5.32 Å². The summed E-state index contributed by atoms with van der Waals surface area (Å²) in [6, 6.07) is 0.721. The van der Waals surface area contributed by atoms with Gasteiger partial charge in [-0.2, -0.15) is 0 Å². The minimum Gasteiger partial charge on any atom is -0.314 e. The van der Waals surface area contributed by atoms with E-state index in [2.05, 4.69) is 29.5 Å². The molecule has 0 amide bonds. The lowest BCUT2D eigenvalue weighted by molar-refractivity contribution is 0.186. The number of aromatic nitrogens is 1. The molecule has 1 saturated carbocycles. The third kappa shape index (κ3) is 1.63. The van der Waals surface area contributed by atoms with Crippen LogP contribution in [-0.4, -0.2) is 17.6 Å². The Bertz CT molecular complexity index is 258. The topological polar surface area (TPSA) is 24.9 Å². The van der Waals surface area contributed by atoms with E-state index < -0.39 is 0 Å². The molecular formula is C10H16N2S. The molecule has 72 valence electrons. The van der Waals surface area contributed by atoms with Crippen molar-refractivity contribution in [1.82, 2.24) is 10.3 Å². The standard InChI is InChI=1S/C10H16N2S/c1-3-11-9-6-8(7(9)2)10-12-4-5-13-10/h4-5,7-9,11H,3,6H2,1-2H3. The minimum absolute atomic E-state index is 0.712. The lowest BCUT2D eigenvalue weighted by Crippen LogP contribution is -2.47. The molecule has 3 atom stereocenters. The predicted octanol–water partition coefficient (Wildman–Crippen LogP) is 2.24. The highest BCUT2D eigenvalue weighted by molar-refractivity contribution is 7.09. The molecule has 0 aliphatic heterocycles. The van der Waals surface area contributed by atoms with Gasteiger partial charge in [-0.05, 0) is 18.9 Å². The van der Waals surface area contributed by atoms with Crippen LogP contribution in [0.15, 0.2) is 11.6 Å². The van der Waals surface area contributed by atoms with Crippen LogP contribution in [0.3, 0.4) is 0 Å². The van der Waals surface area contributed by atoms with Crippen LogP contribution >= 0.6 is 11.3 Å². The van der Waals surface area contributed by atoms with Gasteiger partial charge in [0.1, 0.15) is 0 Å². The Morgan fingerprint density at radius 2 is 2.54 bits per heavy atom. The summed E-state index contributed by atoms with van der Waals surface area (Å²) in [5, 5.41) is 6.89. The Morgan fingerprint density at radius 1 is 1.69 bits per heavy atom. The van der Waals surface area contributed by atoms with Crippen molar-refractivity contribution in [1.29, 1.82) is 0 Å². The van der Waals surface area contributed by atoms with Gasteiger partial charge in [-0.1, -0.05) is 13.8 Å². The Morgan fingerprint density at radius 3 is 3.08 bits per heavy atom. The van der Waals surface area contributed by atoms with Gasteiger partial charge in [0.05, 0.1) is 5.01 Å². The number of nitrogens with one attached hydrogen (secondary N) is 1. The second-order valence-electron chi connectivity index (χ2n) is 3.74. The summed E-state index contributed by atoms with van der Waals surface area (Å²) in [4.78, 5) is 4.37. The first kappa shape index (κ1) is 9.16. The second-order valence-corrected chi connectivity index (χ2v) is 4.66. The summed E-state index contributed by atoms with van der Waals surface area (Å²) < 4.78 is 0. The largest absolute Gasteiger partial charge is 0.314 e. The molecule has 0 aromatic carbocycles. The minimum atomic E-state index is 0.712. The quantitative estimate of drug-likeness (QED) is 0.802. The lowest BCUT2D eigenvalue weighted by Gasteiger charge is -2.42. The maximum absolute atomic E-state index is 4.37. The van der Waals surface area contributed by atoms with E-state index in [1.807, 2.05) is 6.20 Å². The Kier molecular flexibility index (Phi) is 2.65.